The highest BCUT2D eigenvalue weighted by Crippen LogP contribution is 2.26. The van der Waals surface area contributed by atoms with Crippen molar-refractivity contribution in [3.8, 4) is 11.3 Å². The van der Waals surface area contributed by atoms with E-state index >= 15 is 0 Å². The number of hydrogen-bond donors (Lipinski definition) is 2. The molecule has 3 rings (SSSR count). The molecule has 6 heteroatoms. The topological polar surface area (TPSA) is 70.7 Å². The molecule has 25 heavy (non-hydrogen) atoms. The lowest BCUT2D eigenvalue weighted by atomic mass is 9.97. The average Bonchev–Trinajstić information content (AvgIpc) is 2.96. The zero-order valence-electron chi connectivity index (χ0n) is 14.1. The number of anilines is 1. The highest BCUT2D eigenvalue weighted by atomic mass is 19.1. The molecular weight excluding hydrogens is 319 g/mol. The lowest BCUT2D eigenvalue weighted by molar-refractivity contribution is -0.116. The van der Waals surface area contributed by atoms with Gasteiger partial charge in [0, 0.05) is 29.9 Å². The number of H-pyrrole nitrogens is 1. The number of aromatic nitrogens is 3. The van der Waals surface area contributed by atoms with Crippen molar-refractivity contribution < 1.29 is 9.18 Å². The maximum Gasteiger partial charge on any atom is 0.226 e. The average molecular weight is 338 g/mol. The van der Waals surface area contributed by atoms with E-state index in [0.717, 1.165) is 22.4 Å². The molecule has 3 aromatic rings. The van der Waals surface area contributed by atoms with Crippen LogP contribution in [0.3, 0.4) is 0 Å². The molecule has 2 heterocycles. The SMILES string of the molecule is Cc1c(NC(=O)C[C@@H](C)c2ccc(F)cc2)n[nH]c1-c1ccncc1. The first-order valence-corrected chi connectivity index (χ1v) is 8.05. The third-order valence-corrected chi connectivity index (χ3v) is 4.17. The summed E-state index contributed by atoms with van der Waals surface area (Å²) in [4.78, 5) is 16.3. The van der Waals surface area contributed by atoms with Crippen molar-refractivity contribution in [2.45, 2.75) is 26.2 Å². The van der Waals surface area contributed by atoms with Gasteiger partial charge in [0.1, 0.15) is 5.82 Å². The van der Waals surface area contributed by atoms with Gasteiger partial charge in [-0.05, 0) is 42.7 Å². The van der Waals surface area contributed by atoms with Crippen molar-refractivity contribution in [3.05, 3.63) is 65.7 Å². The van der Waals surface area contributed by atoms with Crippen LogP contribution in [0.2, 0.25) is 0 Å². The number of amides is 1. The fourth-order valence-electron chi connectivity index (χ4n) is 2.69. The Morgan fingerprint density at radius 1 is 1.20 bits per heavy atom. The van der Waals surface area contributed by atoms with E-state index in [1.54, 1.807) is 24.5 Å². The molecule has 5 nitrogen and oxygen atoms in total. The summed E-state index contributed by atoms with van der Waals surface area (Å²) < 4.78 is 13.0. The summed E-state index contributed by atoms with van der Waals surface area (Å²) in [6, 6.07) is 9.97. The van der Waals surface area contributed by atoms with Gasteiger partial charge in [0.2, 0.25) is 5.91 Å². The number of aromatic amines is 1. The Bertz CT molecular complexity index is 859. The van der Waals surface area contributed by atoms with Crippen LogP contribution in [0.1, 0.15) is 30.4 Å². The van der Waals surface area contributed by atoms with Crippen LogP contribution in [0.4, 0.5) is 10.2 Å². The van der Waals surface area contributed by atoms with Gasteiger partial charge in [0.15, 0.2) is 5.82 Å². The summed E-state index contributed by atoms with van der Waals surface area (Å²) in [6.07, 6.45) is 3.71. The number of nitrogens with one attached hydrogen (secondary N) is 2. The van der Waals surface area contributed by atoms with Crippen LogP contribution in [-0.2, 0) is 4.79 Å². The molecule has 1 amide bonds. The second-order valence-corrected chi connectivity index (χ2v) is 6.01. The number of hydrogen-bond acceptors (Lipinski definition) is 3. The minimum Gasteiger partial charge on any atom is -0.309 e. The third kappa shape index (κ3) is 3.91. The van der Waals surface area contributed by atoms with Crippen molar-refractivity contribution in [1.82, 2.24) is 15.2 Å². The lowest BCUT2D eigenvalue weighted by Crippen LogP contribution is -2.15. The molecular formula is C19H19FN4O. The van der Waals surface area contributed by atoms with Gasteiger partial charge in [0.25, 0.3) is 0 Å². The number of pyridine rings is 1. The van der Waals surface area contributed by atoms with Gasteiger partial charge in [-0.25, -0.2) is 4.39 Å². The molecule has 0 aliphatic carbocycles. The molecule has 0 aliphatic heterocycles. The monoisotopic (exact) mass is 338 g/mol. The summed E-state index contributed by atoms with van der Waals surface area (Å²) in [5.41, 5.74) is 3.60. The third-order valence-electron chi connectivity index (χ3n) is 4.17. The van der Waals surface area contributed by atoms with E-state index in [1.165, 1.54) is 12.1 Å². The normalized spacial score (nSPS) is 12.0. The maximum atomic E-state index is 13.0. The van der Waals surface area contributed by atoms with Gasteiger partial charge >= 0.3 is 0 Å². The first-order chi connectivity index (χ1) is 12.0. The van der Waals surface area contributed by atoms with Gasteiger partial charge in [-0.3, -0.25) is 14.9 Å². The molecule has 0 bridgehead atoms. The summed E-state index contributed by atoms with van der Waals surface area (Å²) in [5, 5.41) is 9.99. The second-order valence-electron chi connectivity index (χ2n) is 6.01. The van der Waals surface area contributed by atoms with Crippen molar-refractivity contribution in [3.63, 3.8) is 0 Å². The molecule has 0 spiro atoms. The number of benzene rings is 1. The molecule has 0 unspecified atom stereocenters. The summed E-state index contributed by atoms with van der Waals surface area (Å²) in [7, 11) is 0. The van der Waals surface area contributed by atoms with Crippen LogP contribution in [-0.4, -0.2) is 21.1 Å². The number of carbonyl (C=O) groups excluding carboxylic acids is 1. The van der Waals surface area contributed by atoms with Gasteiger partial charge < -0.3 is 5.32 Å². The molecule has 1 atom stereocenters. The molecule has 0 aliphatic rings. The Morgan fingerprint density at radius 2 is 1.88 bits per heavy atom. The van der Waals surface area contributed by atoms with Gasteiger partial charge in [-0.15, -0.1) is 0 Å². The Hall–Kier alpha value is -3.02. The molecule has 0 saturated carbocycles. The van der Waals surface area contributed by atoms with Crippen LogP contribution in [0, 0.1) is 12.7 Å². The van der Waals surface area contributed by atoms with E-state index in [9.17, 15) is 9.18 Å². The molecule has 2 N–H and O–H groups in total. The largest absolute Gasteiger partial charge is 0.309 e. The molecule has 0 fully saturated rings. The van der Waals surface area contributed by atoms with Crippen LogP contribution in [0.5, 0.6) is 0 Å². The maximum absolute atomic E-state index is 13.0. The minimum atomic E-state index is -0.281. The Balaban J connectivity index is 1.67. The van der Waals surface area contributed by atoms with Crippen LogP contribution in [0.25, 0.3) is 11.3 Å². The van der Waals surface area contributed by atoms with Crippen molar-refractivity contribution in [1.29, 1.82) is 0 Å². The number of nitrogens with zero attached hydrogens (tertiary/aromatic N) is 2. The zero-order valence-corrected chi connectivity index (χ0v) is 14.1. The van der Waals surface area contributed by atoms with Crippen LogP contribution in [0.15, 0.2) is 48.8 Å². The molecule has 128 valence electrons. The highest BCUT2D eigenvalue weighted by molar-refractivity contribution is 5.92. The first kappa shape index (κ1) is 16.8. The van der Waals surface area contributed by atoms with Crippen molar-refractivity contribution in [2.75, 3.05) is 5.32 Å². The predicted octanol–water partition coefficient (Wildman–Crippen LogP) is 4.05. The van der Waals surface area contributed by atoms with Gasteiger partial charge in [0.05, 0.1) is 5.69 Å². The summed E-state index contributed by atoms with van der Waals surface area (Å²) in [6.45, 7) is 3.84. The number of rotatable bonds is 5. The van der Waals surface area contributed by atoms with Crippen molar-refractivity contribution >= 4 is 11.7 Å². The quantitative estimate of drug-likeness (QED) is 0.737. The molecule has 0 saturated heterocycles. The smallest absolute Gasteiger partial charge is 0.226 e. The fourth-order valence-corrected chi connectivity index (χ4v) is 2.69. The van der Waals surface area contributed by atoms with Gasteiger partial charge in [-0.1, -0.05) is 19.1 Å². The Morgan fingerprint density at radius 3 is 2.56 bits per heavy atom. The first-order valence-electron chi connectivity index (χ1n) is 8.05. The Kier molecular flexibility index (Phi) is 4.88. The standard InChI is InChI=1S/C19H19FN4O/c1-12(14-3-5-16(20)6-4-14)11-17(25)22-19-13(2)18(23-24-19)15-7-9-21-10-8-15/h3-10,12H,11H2,1-2H3,(H2,22,23,24,25)/t12-/m1/s1. The second kappa shape index (κ2) is 7.25. The molecule has 1 aromatic carbocycles. The zero-order chi connectivity index (χ0) is 17.8. The van der Waals surface area contributed by atoms with E-state index < -0.39 is 0 Å². The Labute approximate surface area is 145 Å². The van der Waals surface area contributed by atoms with E-state index in [1.807, 2.05) is 26.0 Å². The van der Waals surface area contributed by atoms with E-state index in [2.05, 4.69) is 20.5 Å². The molecule has 2 aromatic heterocycles. The van der Waals surface area contributed by atoms with Crippen LogP contribution < -0.4 is 5.32 Å². The summed E-state index contributed by atoms with van der Waals surface area (Å²) >= 11 is 0. The van der Waals surface area contributed by atoms with Crippen LogP contribution >= 0.6 is 0 Å². The minimum absolute atomic E-state index is 0.0143. The molecule has 0 radical (unpaired) electrons. The predicted molar refractivity (Wildman–Crippen MR) is 94.6 cm³/mol. The van der Waals surface area contributed by atoms with Gasteiger partial charge in [-0.2, -0.15) is 5.10 Å². The summed E-state index contributed by atoms with van der Waals surface area (Å²) in [5.74, 6) is 0.0894. The lowest BCUT2D eigenvalue weighted by Gasteiger charge is -2.11. The van der Waals surface area contributed by atoms with E-state index in [4.69, 9.17) is 0 Å². The van der Waals surface area contributed by atoms with E-state index in [-0.39, 0.29) is 17.6 Å². The van der Waals surface area contributed by atoms with Crippen molar-refractivity contribution in [2.24, 2.45) is 0 Å². The number of carbonyl (C=O) groups is 1. The number of halogens is 1. The fraction of sp³-hybridized carbons (Fsp3) is 0.211. The van der Waals surface area contributed by atoms with E-state index in [0.29, 0.717) is 12.2 Å². The highest BCUT2D eigenvalue weighted by Gasteiger charge is 2.16.